The molecule has 1 heterocycles. The predicted octanol–water partition coefficient (Wildman–Crippen LogP) is 3.26. The Bertz CT molecular complexity index is 870. The van der Waals surface area contributed by atoms with Crippen molar-refractivity contribution in [3.8, 4) is 17.2 Å². The first-order valence-electron chi connectivity index (χ1n) is 9.40. The Kier molecular flexibility index (Phi) is 6.71. The van der Waals surface area contributed by atoms with E-state index in [4.69, 9.17) is 9.47 Å². The highest BCUT2D eigenvalue weighted by Gasteiger charge is 2.31. The lowest BCUT2D eigenvalue weighted by molar-refractivity contribution is -0.274. The fraction of sp³-hybridized carbons (Fsp3) is 0.381. The first-order chi connectivity index (χ1) is 14.2. The summed E-state index contributed by atoms with van der Waals surface area (Å²) < 4.78 is 52.2. The molecule has 1 atom stereocenters. The van der Waals surface area contributed by atoms with E-state index in [0.717, 1.165) is 30.0 Å². The smallest absolute Gasteiger partial charge is 0.492 e. The summed E-state index contributed by atoms with van der Waals surface area (Å²) in [6.07, 6.45) is -4.25. The zero-order valence-corrected chi connectivity index (χ0v) is 16.7. The van der Waals surface area contributed by atoms with Crippen LogP contribution in [-0.2, 0) is 6.42 Å². The van der Waals surface area contributed by atoms with Gasteiger partial charge >= 0.3 is 6.36 Å². The molecular formula is C21H23F3N2O4. The van der Waals surface area contributed by atoms with Crippen molar-refractivity contribution in [3.63, 3.8) is 0 Å². The third-order valence-electron chi connectivity index (χ3n) is 4.46. The van der Waals surface area contributed by atoms with Crippen LogP contribution in [0.1, 0.15) is 15.9 Å². The van der Waals surface area contributed by atoms with E-state index in [2.05, 4.69) is 10.1 Å². The van der Waals surface area contributed by atoms with Gasteiger partial charge in [0, 0.05) is 24.1 Å². The molecule has 2 aromatic carbocycles. The SMILES string of the molecule is CN(C)CCOc1cccc2c1C[C@H](NC(=O)c1ccc(OC(F)(F)F)cc1)CO2. The molecule has 30 heavy (non-hydrogen) atoms. The topological polar surface area (TPSA) is 60.0 Å². The van der Waals surface area contributed by atoms with Crippen LogP contribution >= 0.6 is 0 Å². The largest absolute Gasteiger partial charge is 0.573 e. The highest BCUT2D eigenvalue weighted by Crippen LogP contribution is 2.33. The summed E-state index contributed by atoms with van der Waals surface area (Å²) in [6.45, 7) is 1.57. The van der Waals surface area contributed by atoms with E-state index in [9.17, 15) is 18.0 Å². The van der Waals surface area contributed by atoms with E-state index in [1.54, 1.807) is 0 Å². The Balaban J connectivity index is 1.62. The normalized spacial score (nSPS) is 15.9. The molecule has 1 N–H and O–H groups in total. The molecule has 9 heteroatoms. The molecule has 3 rings (SSSR count). The van der Waals surface area contributed by atoms with Crippen LogP contribution in [0.15, 0.2) is 42.5 Å². The van der Waals surface area contributed by atoms with E-state index >= 15 is 0 Å². The molecule has 0 fully saturated rings. The second kappa shape index (κ2) is 9.25. The molecule has 1 aliphatic rings. The molecule has 1 aliphatic heterocycles. The number of benzene rings is 2. The number of likely N-dealkylation sites (N-methyl/N-ethyl adjacent to an activating group) is 1. The van der Waals surface area contributed by atoms with Gasteiger partial charge in [0.1, 0.15) is 30.5 Å². The molecule has 0 radical (unpaired) electrons. The standard InChI is InChI=1S/C21H23F3N2O4/c1-26(2)10-11-28-18-4-3-5-19-17(18)12-15(13-29-19)25-20(27)14-6-8-16(9-7-14)30-21(22,23)24/h3-9,15H,10-13H2,1-2H3,(H,25,27)/t15-/m0/s1. The number of fused-ring (bicyclic) bond motifs is 1. The second-order valence-electron chi connectivity index (χ2n) is 7.14. The van der Waals surface area contributed by atoms with Crippen LogP contribution in [0.25, 0.3) is 0 Å². The fourth-order valence-electron chi connectivity index (χ4n) is 3.02. The number of hydrogen-bond donors (Lipinski definition) is 1. The van der Waals surface area contributed by atoms with Crippen molar-refractivity contribution in [2.75, 3.05) is 33.9 Å². The number of halogens is 3. The average Bonchev–Trinajstić information content (AvgIpc) is 2.67. The number of alkyl halides is 3. The van der Waals surface area contributed by atoms with E-state index in [-0.39, 0.29) is 24.0 Å². The Labute approximate surface area is 172 Å². The summed E-state index contributed by atoms with van der Waals surface area (Å²) in [4.78, 5) is 14.5. The molecule has 0 saturated heterocycles. The first-order valence-corrected chi connectivity index (χ1v) is 9.40. The predicted molar refractivity (Wildman–Crippen MR) is 104 cm³/mol. The Hall–Kier alpha value is -2.94. The van der Waals surface area contributed by atoms with E-state index in [0.29, 0.717) is 18.8 Å². The Morgan fingerprint density at radius 3 is 2.60 bits per heavy atom. The lowest BCUT2D eigenvalue weighted by atomic mass is 10.0. The van der Waals surface area contributed by atoms with Gasteiger partial charge in [-0.15, -0.1) is 13.2 Å². The van der Waals surface area contributed by atoms with Crippen molar-refractivity contribution in [1.29, 1.82) is 0 Å². The van der Waals surface area contributed by atoms with Gasteiger partial charge < -0.3 is 24.4 Å². The molecule has 0 bridgehead atoms. The number of nitrogens with zero attached hydrogens (tertiary/aromatic N) is 1. The summed E-state index contributed by atoms with van der Waals surface area (Å²) in [7, 11) is 3.92. The molecular weight excluding hydrogens is 401 g/mol. The summed E-state index contributed by atoms with van der Waals surface area (Å²) in [6, 6.07) is 10.0. The zero-order chi connectivity index (χ0) is 21.7. The minimum Gasteiger partial charge on any atom is -0.492 e. The lowest BCUT2D eigenvalue weighted by Gasteiger charge is -2.27. The minimum atomic E-state index is -4.77. The van der Waals surface area contributed by atoms with E-state index in [1.807, 2.05) is 37.2 Å². The lowest BCUT2D eigenvalue weighted by Crippen LogP contribution is -2.42. The zero-order valence-electron chi connectivity index (χ0n) is 16.7. The van der Waals surface area contributed by atoms with Crippen LogP contribution in [0.3, 0.4) is 0 Å². The Morgan fingerprint density at radius 2 is 1.93 bits per heavy atom. The van der Waals surface area contributed by atoms with Gasteiger partial charge in [-0.25, -0.2) is 0 Å². The number of hydrogen-bond acceptors (Lipinski definition) is 5. The van der Waals surface area contributed by atoms with Gasteiger partial charge in [-0.05, 0) is 50.5 Å². The van der Waals surface area contributed by atoms with Gasteiger partial charge in [-0.2, -0.15) is 0 Å². The third-order valence-corrected chi connectivity index (χ3v) is 4.46. The van der Waals surface area contributed by atoms with Gasteiger partial charge in [0.05, 0.1) is 6.04 Å². The average molecular weight is 424 g/mol. The van der Waals surface area contributed by atoms with Crippen molar-refractivity contribution in [2.24, 2.45) is 0 Å². The van der Waals surface area contributed by atoms with Crippen molar-refractivity contribution in [3.05, 3.63) is 53.6 Å². The van der Waals surface area contributed by atoms with Crippen LogP contribution in [0.4, 0.5) is 13.2 Å². The van der Waals surface area contributed by atoms with Gasteiger partial charge in [-0.3, -0.25) is 4.79 Å². The highest BCUT2D eigenvalue weighted by molar-refractivity contribution is 5.94. The van der Waals surface area contributed by atoms with Gasteiger partial charge in [0.25, 0.3) is 5.91 Å². The van der Waals surface area contributed by atoms with Crippen LogP contribution in [-0.4, -0.2) is 57.1 Å². The molecule has 0 saturated carbocycles. The number of nitrogens with one attached hydrogen (secondary N) is 1. The van der Waals surface area contributed by atoms with Crippen molar-refractivity contribution >= 4 is 5.91 Å². The molecule has 0 aliphatic carbocycles. The van der Waals surface area contributed by atoms with Crippen LogP contribution in [0.5, 0.6) is 17.2 Å². The van der Waals surface area contributed by atoms with Gasteiger partial charge in [-0.1, -0.05) is 6.07 Å². The maximum absolute atomic E-state index is 12.5. The maximum Gasteiger partial charge on any atom is 0.573 e. The Morgan fingerprint density at radius 1 is 1.20 bits per heavy atom. The number of carbonyl (C=O) groups is 1. The number of amides is 1. The van der Waals surface area contributed by atoms with Crippen molar-refractivity contribution in [1.82, 2.24) is 10.2 Å². The van der Waals surface area contributed by atoms with Crippen LogP contribution in [0, 0.1) is 0 Å². The van der Waals surface area contributed by atoms with Crippen LogP contribution in [0.2, 0.25) is 0 Å². The molecule has 6 nitrogen and oxygen atoms in total. The molecule has 1 amide bonds. The van der Waals surface area contributed by atoms with Crippen LogP contribution < -0.4 is 19.5 Å². The van der Waals surface area contributed by atoms with Gasteiger partial charge in [0.2, 0.25) is 0 Å². The number of rotatable bonds is 7. The fourth-order valence-corrected chi connectivity index (χ4v) is 3.02. The minimum absolute atomic E-state index is 0.228. The molecule has 162 valence electrons. The second-order valence-corrected chi connectivity index (χ2v) is 7.14. The summed E-state index contributed by atoms with van der Waals surface area (Å²) in [5.74, 6) is 0.642. The molecule has 0 aromatic heterocycles. The van der Waals surface area contributed by atoms with E-state index < -0.39 is 12.3 Å². The maximum atomic E-state index is 12.5. The van der Waals surface area contributed by atoms with Gasteiger partial charge in [0.15, 0.2) is 0 Å². The number of carbonyl (C=O) groups excluding carboxylic acids is 1. The highest BCUT2D eigenvalue weighted by atomic mass is 19.4. The van der Waals surface area contributed by atoms with E-state index in [1.165, 1.54) is 12.1 Å². The molecule has 0 spiro atoms. The van der Waals surface area contributed by atoms with Crippen molar-refractivity contribution < 1.29 is 32.2 Å². The third kappa shape index (κ3) is 6.03. The molecule has 0 unspecified atom stereocenters. The van der Waals surface area contributed by atoms with Crippen molar-refractivity contribution in [2.45, 2.75) is 18.8 Å². The quantitative estimate of drug-likeness (QED) is 0.740. The first kappa shape index (κ1) is 21.8. The summed E-state index contributed by atoms with van der Waals surface area (Å²) in [5.41, 5.74) is 1.10. The monoisotopic (exact) mass is 424 g/mol. The molecule has 2 aromatic rings. The summed E-state index contributed by atoms with van der Waals surface area (Å²) >= 11 is 0. The summed E-state index contributed by atoms with van der Waals surface area (Å²) in [5, 5.41) is 2.85. The number of ether oxygens (including phenoxy) is 3.